The van der Waals surface area contributed by atoms with Crippen molar-refractivity contribution in [1.82, 2.24) is 14.8 Å². The lowest BCUT2D eigenvalue weighted by Crippen LogP contribution is -2.32. The second-order valence-corrected chi connectivity index (χ2v) is 8.09. The molecule has 17 heavy (non-hydrogen) atoms. The smallest absolute Gasteiger partial charge is 0.195 e. The third kappa shape index (κ3) is 2.77. The van der Waals surface area contributed by atoms with Gasteiger partial charge in [0.15, 0.2) is 20.4 Å². The molecule has 1 rings (SSSR count). The Bertz CT molecular complexity index is 552. The number of rotatable bonds is 4. The first-order valence-electron chi connectivity index (χ1n) is 5.42. The number of hydrogen-bond donors (Lipinski definition) is 1. The first-order chi connectivity index (χ1) is 7.57. The fourth-order valence-corrected chi connectivity index (χ4v) is 2.17. The van der Waals surface area contributed by atoms with Crippen molar-refractivity contribution in [1.29, 1.82) is 0 Å². The quantitative estimate of drug-likeness (QED) is 0.853. The fraction of sp³-hybridized carbons (Fsp3) is 0.800. The summed E-state index contributed by atoms with van der Waals surface area (Å²) < 4.78 is 24.8. The fourth-order valence-electron chi connectivity index (χ4n) is 1.48. The summed E-state index contributed by atoms with van der Waals surface area (Å²) in [5.41, 5.74) is 0. The van der Waals surface area contributed by atoms with Gasteiger partial charge in [-0.1, -0.05) is 13.8 Å². The highest BCUT2D eigenvalue weighted by Gasteiger charge is 2.37. The minimum absolute atomic E-state index is 0.369. The number of nitrogens with zero attached hydrogens (tertiary/aromatic N) is 2. The van der Waals surface area contributed by atoms with Gasteiger partial charge in [0.1, 0.15) is 4.75 Å². The molecule has 0 aliphatic carbocycles. The van der Waals surface area contributed by atoms with Crippen LogP contribution in [0.5, 0.6) is 0 Å². The highest BCUT2D eigenvalue weighted by atomic mass is 32.2. The molecule has 1 heterocycles. The topological polar surface area (TPSA) is 67.8 Å². The molecule has 0 bridgehead atoms. The molecule has 0 saturated carbocycles. The average molecular weight is 277 g/mol. The van der Waals surface area contributed by atoms with Crippen LogP contribution < -0.4 is 0 Å². The maximum Gasteiger partial charge on any atom is 0.195 e. The lowest BCUT2D eigenvalue weighted by molar-refractivity contribution is 0.473. The van der Waals surface area contributed by atoms with Crippen LogP contribution in [0.1, 0.15) is 33.5 Å². The van der Waals surface area contributed by atoms with E-state index in [0.29, 0.717) is 23.1 Å². The van der Waals surface area contributed by atoms with Crippen LogP contribution >= 0.6 is 12.2 Å². The van der Waals surface area contributed by atoms with E-state index in [1.807, 2.05) is 13.8 Å². The van der Waals surface area contributed by atoms with E-state index in [1.54, 1.807) is 18.4 Å². The molecule has 1 aromatic heterocycles. The van der Waals surface area contributed by atoms with Crippen LogP contribution in [0.3, 0.4) is 0 Å². The summed E-state index contributed by atoms with van der Waals surface area (Å²) in [6.07, 6.45) is 1.21. The van der Waals surface area contributed by atoms with Crippen molar-refractivity contribution in [2.75, 3.05) is 6.26 Å². The Balaban J connectivity index is 3.38. The van der Waals surface area contributed by atoms with Gasteiger partial charge in [-0.25, -0.2) is 8.42 Å². The highest BCUT2D eigenvalue weighted by molar-refractivity contribution is 7.91. The lowest BCUT2D eigenvalue weighted by Gasteiger charge is -2.22. The molecule has 0 fully saturated rings. The molecule has 7 heteroatoms. The van der Waals surface area contributed by atoms with Gasteiger partial charge in [-0.05, 0) is 32.0 Å². The molecule has 1 aromatic rings. The third-order valence-electron chi connectivity index (χ3n) is 2.77. The number of hydrogen-bond acceptors (Lipinski definition) is 4. The molecule has 0 unspecified atom stereocenters. The molecule has 0 saturated heterocycles. The summed E-state index contributed by atoms with van der Waals surface area (Å²) >= 11 is 5.13. The van der Waals surface area contributed by atoms with Gasteiger partial charge in [0, 0.05) is 12.8 Å². The number of nitrogens with one attached hydrogen (secondary N) is 1. The van der Waals surface area contributed by atoms with E-state index in [-0.39, 0.29) is 0 Å². The molecule has 0 aliphatic rings. The van der Waals surface area contributed by atoms with Gasteiger partial charge < -0.3 is 4.57 Å². The zero-order chi connectivity index (χ0) is 13.4. The minimum atomic E-state index is -3.25. The van der Waals surface area contributed by atoms with Crippen LogP contribution in [0.2, 0.25) is 0 Å². The molecule has 0 aliphatic heterocycles. The first kappa shape index (κ1) is 14.4. The van der Waals surface area contributed by atoms with Crippen LogP contribution in [0.4, 0.5) is 0 Å². The Morgan fingerprint density at radius 1 is 1.47 bits per heavy atom. The van der Waals surface area contributed by atoms with E-state index in [9.17, 15) is 8.42 Å². The van der Waals surface area contributed by atoms with E-state index in [0.717, 1.165) is 0 Å². The number of sulfone groups is 1. The summed E-state index contributed by atoms with van der Waals surface area (Å²) in [5.74, 6) is 0.840. The summed E-state index contributed by atoms with van der Waals surface area (Å²) in [6, 6.07) is 0. The Kier molecular flexibility index (Phi) is 3.83. The van der Waals surface area contributed by atoms with Crippen molar-refractivity contribution in [2.24, 2.45) is 5.92 Å². The molecule has 0 atom stereocenters. The van der Waals surface area contributed by atoms with E-state index in [4.69, 9.17) is 12.2 Å². The maximum atomic E-state index is 11.8. The second kappa shape index (κ2) is 4.53. The number of H-pyrrole nitrogens is 1. The van der Waals surface area contributed by atoms with Crippen LogP contribution in [0.15, 0.2) is 0 Å². The lowest BCUT2D eigenvalue weighted by atomic mass is 10.1. The Morgan fingerprint density at radius 3 is 2.41 bits per heavy atom. The summed E-state index contributed by atoms with van der Waals surface area (Å²) in [5, 5.41) is 6.75. The van der Waals surface area contributed by atoms with Crippen LogP contribution in [-0.2, 0) is 21.1 Å². The van der Waals surface area contributed by atoms with Gasteiger partial charge in [0.2, 0.25) is 0 Å². The molecule has 98 valence electrons. The molecule has 0 aromatic carbocycles. The SMILES string of the molecule is CC(C)Cn1c(C(C)(C)S(C)(=O)=O)n[nH]c1=S. The molecular weight excluding hydrogens is 258 g/mol. The van der Waals surface area contributed by atoms with Crippen LogP contribution in [0.25, 0.3) is 0 Å². The van der Waals surface area contributed by atoms with E-state index in [2.05, 4.69) is 10.2 Å². The summed E-state index contributed by atoms with van der Waals surface area (Å²) in [4.78, 5) is 0. The minimum Gasteiger partial charge on any atom is -0.303 e. The number of aromatic amines is 1. The predicted octanol–water partition coefficient (Wildman–Crippen LogP) is 1.88. The molecule has 0 spiro atoms. The summed E-state index contributed by atoms with van der Waals surface area (Å²) in [6.45, 7) is 8.04. The van der Waals surface area contributed by atoms with Crippen molar-refractivity contribution in [3.05, 3.63) is 10.6 Å². The zero-order valence-electron chi connectivity index (χ0n) is 10.8. The molecular formula is C10H19N3O2S2. The monoisotopic (exact) mass is 277 g/mol. The Morgan fingerprint density at radius 2 is 2.00 bits per heavy atom. The van der Waals surface area contributed by atoms with E-state index >= 15 is 0 Å². The van der Waals surface area contributed by atoms with Crippen LogP contribution in [-0.4, -0.2) is 29.4 Å². The maximum absolute atomic E-state index is 11.8. The van der Waals surface area contributed by atoms with Crippen molar-refractivity contribution in [2.45, 2.75) is 39.0 Å². The molecule has 5 nitrogen and oxygen atoms in total. The van der Waals surface area contributed by atoms with Crippen LogP contribution in [0, 0.1) is 10.7 Å². The van der Waals surface area contributed by atoms with Crippen molar-refractivity contribution >= 4 is 22.1 Å². The number of aromatic nitrogens is 3. The predicted molar refractivity (Wildman–Crippen MR) is 70.1 cm³/mol. The van der Waals surface area contributed by atoms with Gasteiger partial charge >= 0.3 is 0 Å². The largest absolute Gasteiger partial charge is 0.303 e. The highest BCUT2D eigenvalue weighted by Crippen LogP contribution is 2.27. The Hall–Kier alpha value is -0.690. The molecule has 0 amide bonds. The van der Waals surface area contributed by atoms with Crippen molar-refractivity contribution < 1.29 is 8.42 Å². The van der Waals surface area contributed by atoms with Gasteiger partial charge in [0.05, 0.1) is 0 Å². The molecule has 1 N–H and O–H groups in total. The van der Waals surface area contributed by atoms with Crippen molar-refractivity contribution in [3.63, 3.8) is 0 Å². The van der Waals surface area contributed by atoms with Gasteiger partial charge in [-0.15, -0.1) is 0 Å². The standard InChI is InChI=1S/C10H19N3O2S2/c1-7(2)6-13-8(11-12-9(13)16)10(3,4)17(5,14)15/h7H,6H2,1-5H3,(H,12,16). The second-order valence-electron chi connectivity index (χ2n) is 5.14. The van der Waals surface area contributed by atoms with Gasteiger partial charge in [0.25, 0.3) is 0 Å². The third-order valence-corrected chi connectivity index (χ3v) is 5.12. The van der Waals surface area contributed by atoms with Gasteiger partial charge in [-0.3, -0.25) is 5.10 Å². The normalized spacial score (nSPS) is 13.3. The van der Waals surface area contributed by atoms with E-state index in [1.165, 1.54) is 6.26 Å². The summed E-state index contributed by atoms with van der Waals surface area (Å²) in [7, 11) is -3.25. The average Bonchev–Trinajstić information content (AvgIpc) is 2.45. The van der Waals surface area contributed by atoms with Crippen molar-refractivity contribution in [3.8, 4) is 0 Å². The van der Waals surface area contributed by atoms with E-state index < -0.39 is 14.6 Å². The molecule has 0 radical (unpaired) electrons. The zero-order valence-corrected chi connectivity index (χ0v) is 12.4. The van der Waals surface area contributed by atoms with Gasteiger partial charge in [-0.2, -0.15) is 5.10 Å². The Labute approximate surface area is 107 Å². The first-order valence-corrected chi connectivity index (χ1v) is 7.72.